The van der Waals surface area contributed by atoms with Gasteiger partial charge in [-0.05, 0) is 36.4 Å². The fourth-order valence-electron chi connectivity index (χ4n) is 2.95. The van der Waals surface area contributed by atoms with Gasteiger partial charge in [0.15, 0.2) is 5.82 Å². The Labute approximate surface area is 141 Å². The van der Waals surface area contributed by atoms with Gasteiger partial charge in [0.05, 0.1) is 18.1 Å². The zero-order valence-corrected chi connectivity index (χ0v) is 13.2. The number of methoxy groups -OCH3 is 1. The Morgan fingerprint density at radius 2 is 2.00 bits per heavy atom. The summed E-state index contributed by atoms with van der Waals surface area (Å²) in [5.41, 5.74) is 4.16. The molecule has 0 bridgehead atoms. The second-order valence-corrected chi connectivity index (χ2v) is 5.66. The number of hydrogen-bond donors (Lipinski definition) is 3. The lowest BCUT2D eigenvalue weighted by Crippen LogP contribution is -1.96. The third-order valence-electron chi connectivity index (χ3n) is 4.18. The standard InChI is InChI=1S/C17H13N7O/c1-25-10-3-5-13-11(7-10)12-8-18-23-16(12)17(20-13)19-9-2-4-14-15(6-9)22-24-21-14/h2-8H,1H3,(H,18,23)(H,19,20)(H,21,22,24). The first-order valence-electron chi connectivity index (χ1n) is 7.71. The highest BCUT2D eigenvalue weighted by Gasteiger charge is 2.12. The van der Waals surface area contributed by atoms with Gasteiger partial charge in [-0.3, -0.25) is 10.2 Å². The van der Waals surface area contributed by atoms with Crippen molar-refractivity contribution < 1.29 is 4.74 Å². The van der Waals surface area contributed by atoms with Crippen LogP contribution in [0.25, 0.3) is 32.8 Å². The molecule has 122 valence electrons. The Bertz CT molecular complexity index is 1220. The van der Waals surface area contributed by atoms with Crippen molar-refractivity contribution in [2.45, 2.75) is 0 Å². The molecule has 8 heteroatoms. The summed E-state index contributed by atoms with van der Waals surface area (Å²) in [5, 5.41) is 23.2. The van der Waals surface area contributed by atoms with E-state index >= 15 is 0 Å². The highest BCUT2D eigenvalue weighted by molar-refractivity contribution is 6.09. The summed E-state index contributed by atoms with van der Waals surface area (Å²) in [7, 11) is 1.65. The van der Waals surface area contributed by atoms with E-state index in [9.17, 15) is 0 Å². The van der Waals surface area contributed by atoms with Crippen molar-refractivity contribution in [3.63, 3.8) is 0 Å². The monoisotopic (exact) mass is 331 g/mol. The van der Waals surface area contributed by atoms with Gasteiger partial charge in [0, 0.05) is 22.7 Å². The molecule has 25 heavy (non-hydrogen) atoms. The van der Waals surface area contributed by atoms with Gasteiger partial charge < -0.3 is 10.1 Å². The molecule has 5 aromatic rings. The van der Waals surface area contributed by atoms with Crippen LogP contribution in [0.15, 0.2) is 42.6 Å². The maximum Gasteiger partial charge on any atom is 0.159 e. The van der Waals surface area contributed by atoms with E-state index in [4.69, 9.17) is 9.72 Å². The molecule has 0 saturated heterocycles. The van der Waals surface area contributed by atoms with Crippen molar-refractivity contribution in [3.8, 4) is 5.75 Å². The number of H-pyrrole nitrogens is 2. The SMILES string of the molecule is COc1ccc2nc(Nc3ccc4[nH]nnc4c3)c3n[nH]cc3c2c1. The van der Waals surface area contributed by atoms with Crippen molar-refractivity contribution >= 4 is 44.3 Å². The average Bonchev–Trinajstić information content (AvgIpc) is 3.30. The zero-order chi connectivity index (χ0) is 16.8. The summed E-state index contributed by atoms with van der Waals surface area (Å²) in [5.74, 6) is 1.46. The topological polar surface area (TPSA) is 104 Å². The van der Waals surface area contributed by atoms with E-state index in [1.54, 1.807) is 7.11 Å². The van der Waals surface area contributed by atoms with Gasteiger partial charge in [-0.2, -0.15) is 5.10 Å². The van der Waals surface area contributed by atoms with Gasteiger partial charge in [0.2, 0.25) is 0 Å². The van der Waals surface area contributed by atoms with Crippen molar-refractivity contribution in [2.75, 3.05) is 12.4 Å². The van der Waals surface area contributed by atoms with Crippen molar-refractivity contribution in [2.24, 2.45) is 0 Å². The van der Waals surface area contributed by atoms with Gasteiger partial charge >= 0.3 is 0 Å². The van der Waals surface area contributed by atoms with Crippen LogP contribution in [0.2, 0.25) is 0 Å². The van der Waals surface area contributed by atoms with Crippen LogP contribution in [0.3, 0.4) is 0 Å². The van der Waals surface area contributed by atoms with Crippen LogP contribution in [0.5, 0.6) is 5.75 Å². The van der Waals surface area contributed by atoms with Crippen LogP contribution < -0.4 is 10.1 Å². The number of rotatable bonds is 3. The lowest BCUT2D eigenvalue weighted by Gasteiger charge is -2.09. The molecule has 3 N–H and O–H groups in total. The minimum absolute atomic E-state index is 0.678. The van der Waals surface area contributed by atoms with E-state index in [1.807, 2.05) is 42.6 Å². The molecule has 0 unspecified atom stereocenters. The summed E-state index contributed by atoms with van der Waals surface area (Å²) >= 11 is 0. The van der Waals surface area contributed by atoms with Gasteiger partial charge in [-0.25, -0.2) is 4.98 Å². The molecule has 3 aromatic heterocycles. The quantitative estimate of drug-likeness (QED) is 0.469. The third-order valence-corrected chi connectivity index (χ3v) is 4.18. The maximum atomic E-state index is 5.32. The summed E-state index contributed by atoms with van der Waals surface area (Å²) in [4.78, 5) is 4.72. The second kappa shape index (κ2) is 5.17. The van der Waals surface area contributed by atoms with Crippen molar-refractivity contribution in [1.82, 2.24) is 30.6 Å². The lowest BCUT2D eigenvalue weighted by atomic mass is 10.1. The number of fused-ring (bicyclic) bond motifs is 4. The first-order chi connectivity index (χ1) is 12.3. The number of aromatic nitrogens is 6. The fourth-order valence-corrected chi connectivity index (χ4v) is 2.95. The molecule has 8 nitrogen and oxygen atoms in total. The van der Waals surface area contributed by atoms with Crippen molar-refractivity contribution in [3.05, 3.63) is 42.6 Å². The van der Waals surface area contributed by atoms with Gasteiger partial charge in [0.25, 0.3) is 0 Å². The zero-order valence-electron chi connectivity index (χ0n) is 13.2. The number of hydrogen-bond acceptors (Lipinski definition) is 6. The number of anilines is 2. The molecule has 5 rings (SSSR count). The highest BCUT2D eigenvalue weighted by Crippen LogP contribution is 2.31. The Kier molecular flexibility index (Phi) is 2.84. The van der Waals surface area contributed by atoms with Crippen LogP contribution in [0, 0.1) is 0 Å². The Morgan fingerprint density at radius 1 is 1.04 bits per heavy atom. The molecule has 0 radical (unpaired) electrons. The normalized spacial score (nSPS) is 11.4. The first kappa shape index (κ1) is 13.7. The van der Waals surface area contributed by atoms with E-state index in [0.29, 0.717) is 5.82 Å². The minimum atomic E-state index is 0.678. The van der Waals surface area contributed by atoms with Crippen LogP contribution in [-0.2, 0) is 0 Å². The number of nitrogens with zero attached hydrogens (tertiary/aromatic N) is 4. The molecule has 0 aliphatic heterocycles. The summed E-state index contributed by atoms with van der Waals surface area (Å²) in [6, 6.07) is 11.6. The van der Waals surface area contributed by atoms with Gasteiger partial charge in [-0.15, -0.1) is 5.10 Å². The Morgan fingerprint density at radius 3 is 2.92 bits per heavy atom. The molecule has 0 atom stereocenters. The van der Waals surface area contributed by atoms with Crippen LogP contribution in [0.1, 0.15) is 0 Å². The molecular weight excluding hydrogens is 318 g/mol. The van der Waals surface area contributed by atoms with E-state index in [0.717, 1.165) is 44.3 Å². The van der Waals surface area contributed by atoms with Crippen LogP contribution >= 0.6 is 0 Å². The number of aromatic amines is 2. The Hall–Kier alpha value is -3.68. The predicted octanol–water partition coefficient (Wildman–Crippen LogP) is 3.13. The molecule has 0 fully saturated rings. The van der Waals surface area contributed by atoms with Gasteiger partial charge in [0.1, 0.15) is 16.8 Å². The Balaban J connectivity index is 1.67. The van der Waals surface area contributed by atoms with Crippen molar-refractivity contribution in [1.29, 1.82) is 0 Å². The summed E-state index contributed by atoms with van der Waals surface area (Å²) in [6.07, 6.45) is 1.87. The minimum Gasteiger partial charge on any atom is -0.497 e. The summed E-state index contributed by atoms with van der Waals surface area (Å²) < 4.78 is 5.32. The predicted molar refractivity (Wildman–Crippen MR) is 95.1 cm³/mol. The molecule has 0 amide bonds. The number of pyridine rings is 1. The average molecular weight is 331 g/mol. The molecule has 2 aromatic carbocycles. The molecule has 0 saturated carbocycles. The third kappa shape index (κ3) is 2.15. The first-order valence-corrected chi connectivity index (χ1v) is 7.71. The second-order valence-electron chi connectivity index (χ2n) is 5.66. The lowest BCUT2D eigenvalue weighted by molar-refractivity contribution is 0.415. The number of ether oxygens (including phenoxy) is 1. The number of benzene rings is 2. The van der Waals surface area contributed by atoms with E-state index in [1.165, 1.54) is 0 Å². The van der Waals surface area contributed by atoms with E-state index < -0.39 is 0 Å². The number of nitrogens with one attached hydrogen (secondary N) is 3. The fraction of sp³-hybridized carbons (Fsp3) is 0.0588. The van der Waals surface area contributed by atoms with Crippen LogP contribution in [0.4, 0.5) is 11.5 Å². The van der Waals surface area contributed by atoms with E-state index in [-0.39, 0.29) is 0 Å². The highest BCUT2D eigenvalue weighted by atomic mass is 16.5. The van der Waals surface area contributed by atoms with Gasteiger partial charge in [-0.1, -0.05) is 5.21 Å². The summed E-state index contributed by atoms with van der Waals surface area (Å²) in [6.45, 7) is 0. The molecule has 3 heterocycles. The molecular formula is C17H13N7O. The molecule has 0 spiro atoms. The maximum absolute atomic E-state index is 5.32. The smallest absolute Gasteiger partial charge is 0.159 e. The van der Waals surface area contributed by atoms with E-state index in [2.05, 4.69) is 30.9 Å². The van der Waals surface area contributed by atoms with Crippen LogP contribution in [-0.4, -0.2) is 37.7 Å². The molecule has 0 aliphatic carbocycles. The largest absolute Gasteiger partial charge is 0.497 e. The molecule has 0 aliphatic rings.